The van der Waals surface area contributed by atoms with Gasteiger partial charge in [-0.15, -0.1) is 0 Å². The second-order valence-corrected chi connectivity index (χ2v) is 2.85. The first-order valence-electron chi connectivity index (χ1n) is 4.09. The number of carboxylic acids is 2. The lowest BCUT2D eigenvalue weighted by molar-refractivity contribution is -0.134. The van der Waals surface area contributed by atoms with Crippen LogP contribution in [0.15, 0.2) is 18.2 Å². The molecule has 0 radical (unpaired) electrons. The van der Waals surface area contributed by atoms with E-state index in [4.69, 9.17) is 15.9 Å². The van der Waals surface area contributed by atoms with Gasteiger partial charge in [0.05, 0.1) is 16.9 Å². The highest BCUT2D eigenvalue weighted by Crippen LogP contribution is 2.19. The van der Waals surface area contributed by atoms with Gasteiger partial charge in [0.1, 0.15) is 6.54 Å². The van der Waals surface area contributed by atoms with Crippen molar-refractivity contribution in [2.45, 2.75) is 0 Å². The van der Waals surface area contributed by atoms with E-state index in [0.717, 1.165) is 0 Å². The summed E-state index contributed by atoms with van der Waals surface area (Å²) in [5.41, 5.74) is 6.19. The van der Waals surface area contributed by atoms with Crippen molar-refractivity contribution in [3.8, 4) is 0 Å². The number of hydrogen-bond acceptors (Lipinski definition) is 4. The summed E-state index contributed by atoms with van der Waals surface area (Å²) in [4.78, 5) is 20.9. The first-order valence-corrected chi connectivity index (χ1v) is 4.09. The minimum absolute atomic E-state index is 0.0529. The van der Waals surface area contributed by atoms with Crippen molar-refractivity contribution >= 4 is 23.3 Å². The van der Waals surface area contributed by atoms with Crippen LogP contribution in [-0.2, 0) is 4.79 Å². The van der Waals surface area contributed by atoms with Crippen molar-refractivity contribution in [2.24, 2.45) is 0 Å². The highest BCUT2D eigenvalue weighted by atomic mass is 16.4. The molecule has 0 aliphatic heterocycles. The minimum Gasteiger partial charge on any atom is -0.480 e. The summed E-state index contributed by atoms with van der Waals surface area (Å²) in [6.07, 6.45) is 0. The van der Waals surface area contributed by atoms with Crippen molar-refractivity contribution in [1.82, 2.24) is 0 Å². The van der Waals surface area contributed by atoms with Crippen molar-refractivity contribution in [3.63, 3.8) is 0 Å². The standard InChI is InChI=1S/C9H10N2O4/c10-6-2-1-5(9(14)15)3-7(6)11-4-8(12)13/h1-3,11H,4,10H2,(H,12,13)(H,14,15). The van der Waals surface area contributed by atoms with Crippen LogP contribution in [0.1, 0.15) is 10.4 Å². The molecule has 0 atom stereocenters. The number of rotatable bonds is 4. The van der Waals surface area contributed by atoms with Crippen LogP contribution in [-0.4, -0.2) is 28.7 Å². The molecule has 5 N–H and O–H groups in total. The van der Waals surface area contributed by atoms with Crippen LogP contribution in [0.25, 0.3) is 0 Å². The van der Waals surface area contributed by atoms with Crippen molar-refractivity contribution < 1.29 is 19.8 Å². The van der Waals surface area contributed by atoms with Gasteiger partial charge in [-0.2, -0.15) is 0 Å². The average molecular weight is 210 g/mol. The predicted molar refractivity (Wildman–Crippen MR) is 53.9 cm³/mol. The minimum atomic E-state index is -1.09. The summed E-state index contributed by atoms with van der Waals surface area (Å²) in [6.45, 7) is -0.312. The number of anilines is 2. The predicted octanol–water partition coefficient (Wildman–Crippen LogP) is 0.463. The van der Waals surface area contributed by atoms with Gasteiger partial charge in [0.15, 0.2) is 0 Å². The number of carbonyl (C=O) groups is 2. The monoisotopic (exact) mass is 210 g/mol. The maximum absolute atomic E-state index is 10.6. The Kier molecular flexibility index (Phi) is 3.12. The largest absolute Gasteiger partial charge is 0.480 e. The molecule has 6 heteroatoms. The summed E-state index contributed by atoms with van der Waals surface area (Å²) in [7, 11) is 0. The summed E-state index contributed by atoms with van der Waals surface area (Å²) >= 11 is 0. The number of nitrogens with one attached hydrogen (secondary N) is 1. The molecule has 0 unspecified atom stereocenters. The molecule has 80 valence electrons. The van der Waals surface area contributed by atoms with Crippen LogP contribution in [0.2, 0.25) is 0 Å². The maximum atomic E-state index is 10.6. The van der Waals surface area contributed by atoms with E-state index in [9.17, 15) is 9.59 Å². The molecule has 0 aliphatic rings. The first kappa shape index (κ1) is 10.8. The third-order valence-electron chi connectivity index (χ3n) is 1.73. The van der Waals surface area contributed by atoms with E-state index in [2.05, 4.69) is 5.32 Å². The molecule has 1 aromatic rings. The second kappa shape index (κ2) is 4.32. The number of nitrogen functional groups attached to an aromatic ring is 1. The number of aliphatic carboxylic acids is 1. The molecule has 15 heavy (non-hydrogen) atoms. The molecule has 1 rings (SSSR count). The van der Waals surface area contributed by atoms with E-state index in [0.29, 0.717) is 11.4 Å². The van der Waals surface area contributed by atoms with Gasteiger partial charge in [0.2, 0.25) is 0 Å². The van der Waals surface area contributed by atoms with E-state index in [-0.39, 0.29) is 12.1 Å². The van der Waals surface area contributed by atoms with Crippen LogP contribution in [0.3, 0.4) is 0 Å². The molecule has 1 aromatic carbocycles. The second-order valence-electron chi connectivity index (χ2n) is 2.85. The molecule has 0 amide bonds. The first-order chi connectivity index (χ1) is 7.00. The molecule has 6 nitrogen and oxygen atoms in total. The van der Waals surface area contributed by atoms with Crippen LogP contribution in [0, 0.1) is 0 Å². The number of benzene rings is 1. The fraction of sp³-hybridized carbons (Fsp3) is 0.111. The molecule has 0 aromatic heterocycles. The van der Waals surface area contributed by atoms with E-state index in [1.165, 1.54) is 18.2 Å². The zero-order chi connectivity index (χ0) is 11.4. The molecule has 0 fully saturated rings. The number of aromatic carboxylic acids is 1. The Labute approximate surface area is 85.3 Å². The molecule has 0 heterocycles. The zero-order valence-electron chi connectivity index (χ0n) is 7.73. The molecular formula is C9H10N2O4. The van der Waals surface area contributed by atoms with Gasteiger partial charge < -0.3 is 21.3 Å². The summed E-state index contributed by atoms with van der Waals surface area (Å²) in [5, 5.41) is 19.6. The lowest BCUT2D eigenvalue weighted by atomic mass is 10.1. The number of hydrogen-bond donors (Lipinski definition) is 4. The third kappa shape index (κ3) is 2.87. The Morgan fingerprint density at radius 3 is 2.53 bits per heavy atom. The molecule has 0 saturated carbocycles. The summed E-state index contributed by atoms with van der Waals surface area (Å²) in [5.74, 6) is -2.14. The van der Waals surface area contributed by atoms with Crippen LogP contribution >= 0.6 is 0 Å². The van der Waals surface area contributed by atoms with E-state index < -0.39 is 11.9 Å². The number of nitrogens with two attached hydrogens (primary N) is 1. The highest BCUT2D eigenvalue weighted by Gasteiger charge is 2.07. The van der Waals surface area contributed by atoms with Gasteiger partial charge in [-0.25, -0.2) is 4.79 Å². The highest BCUT2D eigenvalue weighted by molar-refractivity contribution is 5.90. The lowest BCUT2D eigenvalue weighted by Gasteiger charge is -2.07. The quantitative estimate of drug-likeness (QED) is 0.537. The smallest absolute Gasteiger partial charge is 0.335 e. The fourth-order valence-corrected chi connectivity index (χ4v) is 1.01. The maximum Gasteiger partial charge on any atom is 0.335 e. The van der Waals surface area contributed by atoms with Crippen LogP contribution in [0.4, 0.5) is 11.4 Å². The SMILES string of the molecule is Nc1ccc(C(=O)O)cc1NCC(=O)O. The Balaban J connectivity index is 2.90. The van der Waals surface area contributed by atoms with Crippen molar-refractivity contribution in [3.05, 3.63) is 23.8 Å². The van der Waals surface area contributed by atoms with Crippen LogP contribution < -0.4 is 11.1 Å². The number of carboxylic acid groups (broad SMARTS) is 2. The Hall–Kier alpha value is -2.24. The molecule has 0 saturated heterocycles. The van der Waals surface area contributed by atoms with Gasteiger partial charge in [0.25, 0.3) is 0 Å². The Bertz CT molecular complexity index is 403. The average Bonchev–Trinajstić information content (AvgIpc) is 2.16. The lowest BCUT2D eigenvalue weighted by Crippen LogP contribution is -2.14. The van der Waals surface area contributed by atoms with Gasteiger partial charge >= 0.3 is 11.9 Å². The topological polar surface area (TPSA) is 113 Å². The third-order valence-corrected chi connectivity index (χ3v) is 1.73. The van der Waals surface area contributed by atoms with Crippen molar-refractivity contribution in [2.75, 3.05) is 17.6 Å². The van der Waals surface area contributed by atoms with Gasteiger partial charge in [0, 0.05) is 0 Å². The fourth-order valence-electron chi connectivity index (χ4n) is 1.01. The van der Waals surface area contributed by atoms with E-state index >= 15 is 0 Å². The van der Waals surface area contributed by atoms with E-state index in [1.807, 2.05) is 0 Å². The van der Waals surface area contributed by atoms with Gasteiger partial charge in [-0.05, 0) is 18.2 Å². The Morgan fingerprint density at radius 2 is 2.00 bits per heavy atom. The Morgan fingerprint density at radius 1 is 1.33 bits per heavy atom. The summed E-state index contributed by atoms with van der Waals surface area (Å²) < 4.78 is 0. The van der Waals surface area contributed by atoms with E-state index in [1.54, 1.807) is 0 Å². The molecule has 0 bridgehead atoms. The summed E-state index contributed by atoms with van der Waals surface area (Å²) in [6, 6.07) is 4.05. The zero-order valence-corrected chi connectivity index (χ0v) is 7.73. The van der Waals surface area contributed by atoms with Crippen LogP contribution in [0.5, 0.6) is 0 Å². The van der Waals surface area contributed by atoms with Gasteiger partial charge in [-0.3, -0.25) is 4.79 Å². The molecule has 0 spiro atoms. The molecular weight excluding hydrogens is 200 g/mol. The normalized spacial score (nSPS) is 9.60. The molecule has 0 aliphatic carbocycles. The van der Waals surface area contributed by atoms with Crippen molar-refractivity contribution in [1.29, 1.82) is 0 Å². The van der Waals surface area contributed by atoms with Gasteiger partial charge in [-0.1, -0.05) is 0 Å².